The average molecular weight is 237 g/mol. The quantitative estimate of drug-likeness (QED) is 0.577. The molecule has 0 saturated heterocycles. The van der Waals surface area contributed by atoms with Gasteiger partial charge >= 0.3 is 23.1 Å². The molecule has 2 heteroatoms. The fourth-order valence-corrected chi connectivity index (χ4v) is 1.23. The summed E-state index contributed by atoms with van der Waals surface area (Å²) in [5, 5.41) is 2.44. The maximum Gasteiger partial charge on any atom is 2.00 e. The van der Waals surface area contributed by atoms with Gasteiger partial charge in [0.25, 0.3) is 0 Å². The van der Waals surface area contributed by atoms with Crippen LogP contribution in [0.3, 0.4) is 0 Å². The van der Waals surface area contributed by atoms with Gasteiger partial charge in [-0.1, -0.05) is 31.9 Å². The zero-order chi connectivity index (χ0) is 11.8. The Morgan fingerprint density at radius 3 is 2.35 bits per heavy atom. The molecule has 0 aromatic heterocycles. The standard InChI is InChI=1S/C10H7.C5H9O.Mg/c1-2-6-10-8-4-3-7-9(10)5-1;1-5(2)3-4-6;/h1-7H;5H,3H2,1-2H3;/q2*-1;+2. The van der Waals surface area contributed by atoms with Crippen LogP contribution in [0.2, 0.25) is 0 Å². The minimum absolute atomic E-state index is 0. The van der Waals surface area contributed by atoms with Crippen molar-refractivity contribution >= 4 is 40.1 Å². The van der Waals surface area contributed by atoms with Gasteiger partial charge in [0.15, 0.2) is 0 Å². The fraction of sp³-hybridized carbons (Fsp3) is 0.267. The van der Waals surface area contributed by atoms with E-state index in [0.717, 1.165) is 0 Å². The van der Waals surface area contributed by atoms with Gasteiger partial charge in [0.2, 0.25) is 0 Å². The van der Waals surface area contributed by atoms with E-state index in [1.807, 2.05) is 44.4 Å². The van der Waals surface area contributed by atoms with Gasteiger partial charge in [-0.2, -0.15) is 6.42 Å². The van der Waals surface area contributed by atoms with Gasteiger partial charge in [-0.05, 0) is 0 Å². The summed E-state index contributed by atoms with van der Waals surface area (Å²) in [7, 11) is 0. The van der Waals surface area contributed by atoms with Crippen molar-refractivity contribution in [1.82, 2.24) is 0 Å². The van der Waals surface area contributed by atoms with Crippen LogP contribution in [0.4, 0.5) is 0 Å². The molecule has 0 spiro atoms. The SMILES string of the molecule is CC(C)C[C-]=O.[Mg+2].[c-]1cccc2ccccc12. The van der Waals surface area contributed by atoms with E-state index in [9.17, 15) is 4.79 Å². The Bertz CT molecular complexity index is 372. The first-order valence-corrected chi connectivity index (χ1v) is 5.44. The Kier molecular flexibility index (Phi) is 8.73. The Hall–Kier alpha value is -0.864. The molecule has 0 radical (unpaired) electrons. The fourth-order valence-electron chi connectivity index (χ4n) is 1.23. The number of hydrogen-bond acceptors (Lipinski definition) is 1. The first kappa shape index (κ1) is 16.1. The molecule has 0 saturated carbocycles. The second kappa shape index (κ2) is 9.20. The van der Waals surface area contributed by atoms with Crippen LogP contribution in [-0.2, 0) is 4.79 Å². The van der Waals surface area contributed by atoms with E-state index < -0.39 is 0 Å². The van der Waals surface area contributed by atoms with Crippen molar-refractivity contribution < 1.29 is 4.79 Å². The van der Waals surface area contributed by atoms with E-state index in [1.165, 1.54) is 10.8 Å². The van der Waals surface area contributed by atoms with Crippen LogP contribution in [0.1, 0.15) is 20.3 Å². The molecule has 17 heavy (non-hydrogen) atoms. The van der Waals surface area contributed by atoms with Crippen LogP contribution >= 0.6 is 0 Å². The van der Waals surface area contributed by atoms with Crippen molar-refractivity contribution in [2.45, 2.75) is 20.3 Å². The van der Waals surface area contributed by atoms with E-state index in [0.29, 0.717) is 12.3 Å². The molecule has 84 valence electrons. The molecule has 2 rings (SSSR count). The molecule has 0 heterocycles. The summed E-state index contributed by atoms with van der Waals surface area (Å²) >= 11 is 0. The molecule has 0 unspecified atom stereocenters. The van der Waals surface area contributed by atoms with Gasteiger partial charge < -0.3 is 4.79 Å². The molecular weight excluding hydrogens is 220 g/mol. The number of hydrogen-bond donors (Lipinski definition) is 0. The molecule has 0 amide bonds. The van der Waals surface area contributed by atoms with Gasteiger partial charge in [-0.25, -0.2) is 0 Å². The van der Waals surface area contributed by atoms with Gasteiger partial charge in [0, 0.05) is 0 Å². The van der Waals surface area contributed by atoms with Crippen LogP contribution in [0, 0.1) is 12.0 Å². The van der Waals surface area contributed by atoms with Crippen molar-refractivity contribution in [3.8, 4) is 0 Å². The van der Waals surface area contributed by atoms with Crippen molar-refractivity contribution in [3.63, 3.8) is 0 Å². The third kappa shape index (κ3) is 6.44. The van der Waals surface area contributed by atoms with Gasteiger partial charge in [-0.15, -0.1) is 47.2 Å². The first-order valence-electron chi connectivity index (χ1n) is 5.44. The zero-order valence-electron chi connectivity index (χ0n) is 10.4. The number of benzene rings is 2. The number of fused-ring (bicyclic) bond motifs is 1. The van der Waals surface area contributed by atoms with Crippen molar-refractivity contribution in [3.05, 3.63) is 48.5 Å². The molecule has 0 N–H and O–H groups in total. The van der Waals surface area contributed by atoms with Crippen molar-refractivity contribution in [2.24, 2.45) is 5.92 Å². The molecular formula is C15H16MgO. The van der Waals surface area contributed by atoms with Crippen LogP contribution < -0.4 is 0 Å². The van der Waals surface area contributed by atoms with E-state index >= 15 is 0 Å². The maximum atomic E-state index is 9.49. The summed E-state index contributed by atoms with van der Waals surface area (Å²) in [6, 6.07) is 17.4. The van der Waals surface area contributed by atoms with E-state index in [-0.39, 0.29) is 23.1 Å². The average Bonchev–Trinajstić information content (AvgIpc) is 2.30. The first-order chi connectivity index (χ1) is 7.74. The summed E-state index contributed by atoms with van der Waals surface area (Å²) < 4.78 is 0. The van der Waals surface area contributed by atoms with E-state index in [4.69, 9.17) is 0 Å². The van der Waals surface area contributed by atoms with Crippen LogP contribution in [0.15, 0.2) is 42.5 Å². The normalized spacial score (nSPS) is 9.12. The van der Waals surface area contributed by atoms with E-state index in [2.05, 4.69) is 24.3 Å². The Morgan fingerprint density at radius 1 is 1.18 bits per heavy atom. The summed E-state index contributed by atoms with van der Waals surface area (Å²) in [4.78, 5) is 9.49. The number of rotatable bonds is 2. The second-order valence-electron chi connectivity index (χ2n) is 4.00. The predicted molar refractivity (Wildman–Crippen MR) is 73.7 cm³/mol. The molecule has 0 aliphatic rings. The van der Waals surface area contributed by atoms with Gasteiger partial charge in [-0.3, -0.25) is 6.29 Å². The molecule has 0 atom stereocenters. The summed E-state index contributed by atoms with van der Waals surface area (Å²) in [5.74, 6) is 0.475. The van der Waals surface area contributed by atoms with Gasteiger partial charge in [0.1, 0.15) is 0 Å². The van der Waals surface area contributed by atoms with Gasteiger partial charge in [0.05, 0.1) is 0 Å². The van der Waals surface area contributed by atoms with Crippen LogP contribution in [0.5, 0.6) is 0 Å². The molecule has 1 nitrogen and oxygen atoms in total. The summed E-state index contributed by atoms with van der Waals surface area (Å²) in [6.45, 7) is 3.98. The third-order valence-electron chi connectivity index (χ3n) is 2.06. The minimum atomic E-state index is 0. The topological polar surface area (TPSA) is 17.1 Å². The van der Waals surface area contributed by atoms with E-state index in [1.54, 1.807) is 0 Å². The summed E-state index contributed by atoms with van der Waals surface area (Å²) in [6.07, 6.45) is 2.39. The van der Waals surface area contributed by atoms with Crippen molar-refractivity contribution in [1.29, 1.82) is 0 Å². The smallest absolute Gasteiger partial charge is 0.542 e. The molecule has 0 aliphatic heterocycles. The Morgan fingerprint density at radius 2 is 1.82 bits per heavy atom. The van der Waals surface area contributed by atoms with Crippen LogP contribution in [0.25, 0.3) is 10.8 Å². The Balaban J connectivity index is 0.000000324. The monoisotopic (exact) mass is 236 g/mol. The summed E-state index contributed by atoms with van der Waals surface area (Å²) in [5.41, 5.74) is 0. The van der Waals surface area contributed by atoms with Crippen molar-refractivity contribution in [2.75, 3.05) is 0 Å². The maximum absolute atomic E-state index is 9.49. The van der Waals surface area contributed by atoms with Crippen LogP contribution in [-0.4, -0.2) is 29.3 Å². The molecule has 2 aromatic rings. The molecule has 0 bridgehead atoms. The second-order valence-corrected chi connectivity index (χ2v) is 4.00. The molecule has 0 fully saturated rings. The molecule has 0 aliphatic carbocycles. The predicted octanol–water partition coefficient (Wildman–Crippen LogP) is 3.40. The number of carbonyl (C=O) groups excluding carboxylic acids is 1. The largest absolute Gasteiger partial charge is 2.00 e. The molecule has 2 aromatic carbocycles. The zero-order valence-corrected chi connectivity index (χ0v) is 11.9. The third-order valence-corrected chi connectivity index (χ3v) is 2.06. The minimum Gasteiger partial charge on any atom is -0.542 e. The Labute approximate surface area is 119 Å².